The highest BCUT2D eigenvalue weighted by Gasteiger charge is 2.32. The molecule has 0 atom stereocenters. The smallest absolute Gasteiger partial charge is 0.265 e. The van der Waals surface area contributed by atoms with Gasteiger partial charge in [0.15, 0.2) is 0 Å². The van der Waals surface area contributed by atoms with Gasteiger partial charge in [-0.05, 0) is 45.2 Å². The number of carbonyl (C=O) groups is 1. The summed E-state index contributed by atoms with van der Waals surface area (Å²) in [7, 11) is 0. The van der Waals surface area contributed by atoms with Crippen LogP contribution in [0, 0.1) is 0 Å². The predicted molar refractivity (Wildman–Crippen MR) is 120 cm³/mol. The first-order valence-corrected chi connectivity index (χ1v) is 11.2. The molecule has 1 aromatic carbocycles. The van der Waals surface area contributed by atoms with E-state index in [0.29, 0.717) is 36.2 Å². The van der Waals surface area contributed by atoms with Crippen molar-refractivity contribution in [1.29, 1.82) is 0 Å². The summed E-state index contributed by atoms with van der Waals surface area (Å²) in [5, 5.41) is 7.16. The lowest BCUT2D eigenvalue weighted by Gasteiger charge is -2.29. The Morgan fingerprint density at radius 3 is 2.20 bits per heavy atom. The van der Waals surface area contributed by atoms with Gasteiger partial charge < -0.3 is 14.0 Å². The van der Waals surface area contributed by atoms with Crippen molar-refractivity contribution in [3.05, 3.63) is 35.5 Å². The van der Waals surface area contributed by atoms with Gasteiger partial charge in [0.1, 0.15) is 17.1 Å². The number of amides is 1. The molecule has 1 aromatic heterocycles. The van der Waals surface area contributed by atoms with Gasteiger partial charge in [-0.25, -0.2) is 0 Å². The monoisotopic (exact) mass is 416 g/mol. The Morgan fingerprint density at radius 2 is 1.67 bits per heavy atom. The van der Waals surface area contributed by atoms with Crippen LogP contribution in [-0.2, 0) is 5.41 Å². The van der Waals surface area contributed by atoms with Gasteiger partial charge in [0.25, 0.3) is 5.91 Å². The van der Waals surface area contributed by atoms with Gasteiger partial charge in [-0.3, -0.25) is 10.1 Å². The van der Waals surface area contributed by atoms with Crippen LogP contribution in [0.2, 0.25) is 0 Å². The molecule has 30 heavy (non-hydrogen) atoms. The van der Waals surface area contributed by atoms with Crippen molar-refractivity contribution in [2.24, 2.45) is 0 Å². The van der Waals surface area contributed by atoms with Crippen LogP contribution in [0.15, 0.2) is 28.8 Å². The average molecular weight is 417 g/mol. The summed E-state index contributed by atoms with van der Waals surface area (Å²) < 4.78 is 16.8. The number of ether oxygens (including phenoxy) is 2. The number of hydrogen-bond donors (Lipinski definition) is 1. The van der Waals surface area contributed by atoms with Crippen molar-refractivity contribution < 1.29 is 18.8 Å². The number of benzene rings is 1. The molecule has 0 aliphatic heterocycles. The summed E-state index contributed by atoms with van der Waals surface area (Å²) in [6.45, 7) is 11.3. The quantitative estimate of drug-likeness (QED) is 0.384. The zero-order valence-corrected chi connectivity index (χ0v) is 19.0. The Kier molecular flexibility index (Phi) is 9.21. The van der Waals surface area contributed by atoms with Gasteiger partial charge in [0.2, 0.25) is 5.88 Å². The van der Waals surface area contributed by atoms with E-state index in [1.54, 1.807) is 12.1 Å². The van der Waals surface area contributed by atoms with E-state index in [9.17, 15) is 4.79 Å². The lowest BCUT2D eigenvalue weighted by atomic mass is 9.75. The highest BCUT2D eigenvalue weighted by Crippen LogP contribution is 2.37. The average Bonchev–Trinajstić information content (AvgIpc) is 3.21. The third kappa shape index (κ3) is 5.55. The summed E-state index contributed by atoms with van der Waals surface area (Å²) in [4.78, 5) is 13.1. The van der Waals surface area contributed by atoms with Gasteiger partial charge in [0.05, 0.1) is 18.9 Å². The molecule has 6 nitrogen and oxygen atoms in total. The molecule has 0 fully saturated rings. The van der Waals surface area contributed by atoms with Crippen LogP contribution >= 0.6 is 0 Å². The maximum atomic E-state index is 13.1. The largest absolute Gasteiger partial charge is 0.493 e. The molecule has 2 aromatic rings. The van der Waals surface area contributed by atoms with Crippen molar-refractivity contribution in [3.8, 4) is 11.5 Å². The Labute approximate surface area is 180 Å². The topological polar surface area (TPSA) is 73.6 Å². The maximum Gasteiger partial charge on any atom is 0.265 e. The predicted octanol–water partition coefficient (Wildman–Crippen LogP) is 6.36. The first-order valence-electron chi connectivity index (χ1n) is 11.2. The number of rotatable bonds is 13. The molecule has 0 aliphatic carbocycles. The van der Waals surface area contributed by atoms with Crippen LogP contribution in [0.3, 0.4) is 0 Å². The molecule has 1 N–H and O–H groups in total. The molecule has 0 aliphatic rings. The number of carbonyl (C=O) groups excluding carboxylic acids is 1. The molecule has 0 radical (unpaired) electrons. The summed E-state index contributed by atoms with van der Waals surface area (Å²) in [6.07, 6.45) is 6.58. The molecular weight excluding hydrogens is 380 g/mol. The Hall–Kier alpha value is -2.50. The number of unbranched alkanes of at least 4 members (excludes halogenated alkanes) is 2. The van der Waals surface area contributed by atoms with Crippen molar-refractivity contribution >= 4 is 11.8 Å². The molecule has 0 saturated carbocycles. The third-order valence-corrected chi connectivity index (χ3v) is 5.72. The fraction of sp³-hybridized carbons (Fsp3) is 0.583. The zero-order chi connectivity index (χ0) is 22.0. The molecule has 0 bridgehead atoms. The minimum Gasteiger partial charge on any atom is -0.493 e. The molecule has 6 heteroatoms. The van der Waals surface area contributed by atoms with Gasteiger partial charge in [0, 0.05) is 11.5 Å². The normalized spacial score (nSPS) is 11.4. The molecule has 1 heterocycles. The van der Waals surface area contributed by atoms with Crippen LogP contribution in [0.25, 0.3) is 0 Å². The van der Waals surface area contributed by atoms with Crippen molar-refractivity contribution in [3.63, 3.8) is 0 Å². The van der Waals surface area contributed by atoms with E-state index in [0.717, 1.165) is 31.4 Å². The Balaban J connectivity index is 2.26. The van der Waals surface area contributed by atoms with Crippen LogP contribution in [0.5, 0.6) is 11.5 Å². The molecule has 166 valence electrons. The lowest BCUT2D eigenvalue weighted by molar-refractivity contribution is 0.101. The highest BCUT2D eigenvalue weighted by atomic mass is 16.5. The molecule has 2 rings (SSSR count). The summed E-state index contributed by atoms with van der Waals surface area (Å²) >= 11 is 0. The SMILES string of the molecule is CCCCCC(CC)(CC)c1cc(NC(=O)c2c(OCC)cccc2OCC)on1. The Morgan fingerprint density at radius 1 is 1.03 bits per heavy atom. The van der Waals surface area contributed by atoms with E-state index in [1.807, 2.05) is 26.0 Å². The summed E-state index contributed by atoms with van der Waals surface area (Å²) in [5.74, 6) is 0.966. The molecule has 0 spiro atoms. The van der Waals surface area contributed by atoms with E-state index in [-0.39, 0.29) is 11.3 Å². The fourth-order valence-corrected chi connectivity index (χ4v) is 3.85. The molecule has 0 unspecified atom stereocenters. The van der Waals surface area contributed by atoms with Crippen molar-refractivity contribution in [1.82, 2.24) is 5.16 Å². The van der Waals surface area contributed by atoms with Crippen molar-refractivity contribution in [2.45, 2.75) is 78.6 Å². The van der Waals surface area contributed by atoms with Crippen molar-refractivity contribution in [2.75, 3.05) is 18.5 Å². The molecule has 1 amide bonds. The number of aromatic nitrogens is 1. The fourth-order valence-electron chi connectivity index (χ4n) is 3.85. The summed E-state index contributed by atoms with van der Waals surface area (Å²) in [6, 6.07) is 7.20. The van der Waals surface area contributed by atoms with Gasteiger partial charge in [-0.2, -0.15) is 0 Å². The van der Waals surface area contributed by atoms with Crippen LogP contribution in [-0.4, -0.2) is 24.3 Å². The maximum absolute atomic E-state index is 13.1. The van der Waals surface area contributed by atoms with Crippen LogP contribution in [0.4, 0.5) is 5.88 Å². The van der Waals surface area contributed by atoms with E-state index in [1.165, 1.54) is 12.8 Å². The highest BCUT2D eigenvalue weighted by molar-refractivity contribution is 6.07. The number of hydrogen-bond acceptors (Lipinski definition) is 5. The first-order chi connectivity index (χ1) is 14.5. The first kappa shape index (κ1) is 23.8. The van der Waals surface area contributed by atoms with Gasteiger partial charge in [-0.15, -0.1) is 0 Å². The van der Waals surface area contributed by atoms with Crippen LogP contribution in [0.1, 0.15) is 89.2 Å². The van der Waals surface area contributed by atoms with Gasteiger partial charge >= 0.3 is 0 Å². The van der Waals surface area contributed by atoms with E-state index in [2.05, 4.69) is 31.2 Å². The molecular formula is C24H36N2O4. The minimum atomic E-state index is -0.338. The second kappa shape index (κ2) is 11.6. The van der Waals surface area contributed by atoms with Crippen LogP contribution < -0.4 is 14.8 Å². The summed E-state index contributed by atoms with van der Waals surface area (Å²) in [5.41, 5.74) is 1.24. The van der Waals surface area contributed by atoms with Gasteiger partial charge in [-0.1, -0.05) is 51.3 Å². The number of nitrogens with one attached hydrogen (secondary N) is 1. The molecule has 0 saturated heterocycles. The van der Waals surface area contributed by atoms with E-state index >= 15 is 0 Å². The number of anilines is 1. The second-order valence-electron chi connectivity index (χ2n) is 7.47. The number of nitrogens with zero attached hydrogens (tertiary/aromatic N) is 1. The second-order valence-corrected chi connectivity index (χ2v) is 7.47. The Bertz CT molecular complexity index is 772. The van der Waals surface area contributed by atoms with E-state index < -0.39 is 0 Å². The van der Waals surface area contributed by atoms with E-state index in [4.69, 9.17) is 14.0 Å². The standard InChI is InChI=1S/C24H36N2O4/c1-6-11-12-16-24(7-2,8-3)20-17-21(30-26-20)25-23(27)22-18(28-9-4)14-13-15-19(22)29-10-5/h13-15,17H,6-12,16H2,1-5H3,(H,25,27). The minimum absolute atomic E-state index is 0.0264. The lowest BCUT2D eigenvalue weighted by Crippen LogP contribution is -2.25. The zero-order valence-electron chi connectivity index (χ0n) is 19.0. The third-order valence-electron chi connectivity index (χ3n) is 5.72.